The van der Waals surface area contributed by atoms with E-state index in [1.807, 2.05) is 0 Å². The van der Waals surface area contributed by atoms with Crippen molar-refractivity contribution in [2.45, 2.75) is 51.2 Å². The highest BCUT2D eigenvalue weighted by Crippen LogP contribution is 2.28. The quantitative estimate of drug-likeness (QED) is 0.529. The monoisotopic (exact) mass is 499 g/mol. The van der Waals surface area contributed by atoms with Gasteiger partial charge in [0.15, 0.2) is 0 Å². The first-order valence-corrected chi connectivity index (χ1v) is 12.7. The summed E-state index contributed by atoms with van der Waals surface area (Å²) < 4.78 is 34.6. The molecule has 8 heteroatoms. The van der Waals surface area contributed by atoms with Gasteiger partial charge in [0.1, 0.15) is 17.2 Å². The molecule has 0 aromatic heterocycles. The van der Waals surface area contributed by atoms with Gasteiger partial charge in [-0.3, -0.25) is 14.9 Å². The van der Waals surface area contributed by atoms with Crippen molar-refractivity contribution in [1.29, 1.82) is 0 Å². The number of alkyl halides is 1. The van der Waals surface area contributed by atoms with Crippen molar-refractivity contribution in [2.24, 2.45) is 5.92 Å². The van der Waals surface area contributed by atoms with E-state index in [0.29, 0.717) is 42.4 Å². The molecule has 4 rings (SSSR count). The number of piperidine rings is 1. The SMILES string of the molecule is CC(C)(F)CN1CCC(COc2ccc(-c3cccc(F)c3C(=O)NC(=O)[C@@H]3CCCN3)cc2)CC1. The van der Waals surface area contributed by atoms with Crippen molar-refractivity contribution >= 4 is 11.8 Å². The summed E-state index contributed by atoms with van der Waals surface area (Å²) in [4.78, 5) is 27.3. The minimum Gasteiger partial charge on any atom is -0.493 e. The third kappa shape index (κ3) is 6.89. The van der Waals surface area contributed by atoms with Crippen LogP contribution in [0.4, 0.5) is 8.78 Å². The molecule has 0 aliphatic carbocycles. The number of hydrogen-bond acceptors (Lipinski definition) is 5. The Kier molecular flexibility index (Phi) is 8.36. The summed E-state index contributed by atoms with van der Waals surface area (Å²) in [6.07, 6.45) is 3.44. The number of imide groups is 1. The molecule has 0 radical (unpaired) electrons. The van der Waals surface area contributed by atoms with E-state index in [1.54, 1.807) is 50.2 Å². The van der Waals surface area contributed by atoms with E-state index in [-0.39, 0.29) is 5.56 Å². The largest absolute Gasteiger partial charge is 0.493 e. The van der Waals surface area contributed by atoms with E-state index in [9.17, 15) is 18.4 Å². The molecule has 2 N–H and O–H groups in total. The Bertz CT molecular complexity index is 1050. The number of ether oxygens (including phenoxy) is 1. The fourth-order valence-corrected chi connectivity index (χ4v) is 4.95. The van der Waals surface area contributed by atoms with Crippen LogP contribution >= 0.6 is 0 Å². The summed E-state index contributed by atoms with van der Waals surface area (Å²) >= 11 is 0. The molecule has 2 aliphatic heterocycles. The van der Waals surface area contributed by atoms with Crippen molar-refractivity contribution in [1.82, 2.24) is 15.5 Å². The molecule has 2 aromatic rings. The standard InChI is InChI=1S/C28H35F2N3O3/c1-28(2,30)18-33-15-12-19(13-16-33)17-36-21-10-8-20(9-11-21)22-5-3-6-23(29)25(22)27(35)32-26(34)24-7-4-14-31-24/h3,5-6,8-11,19,24,31H,4,7,12-18H2,1-2H3,(H,32,34,35)/t24-/m0/s1. The van der Waals surface area contributed by atoms with E-state index in [0.717, 1.165) is 38.9 Å². The van der Waals surface area contributed by atoms with Gasteiger partial charge in [-0.2, -0.15) is 0 Å². The first-order valence-electron chi connectivity index (χ1n) is 12.7. The van der Waals surface area contributed by atoms with Gasteiger partial charge < -0.3 is 15.0 Å². The Morgan fingerprint density at radius 3 is 2.47 bits per heavy atom. The van der Waals surface area contributed by atoms with Gasteiger partial charge in [-0.1, -0.05) is 24.3 Å². The van der Waals surface area contributed by atoms with Crippen LogP contribution in [0.5, 0.6) is 5.75 Å². The normalized spacial score (nSPS) is 19.3. The lowest BCUT2D eigenvalue weighted by molar-refractivity contribution is -0.121. The Balaban J connectivity index is 1.36. The summed E-state index contributed by atoms with van der Waals surface area (Å²) in [6, 6.07) is 11.2. The molecule has 0 unspecified atom stereocenters. The molecule has 0 bridgehead atoms. The number of amides is 2. The van der Waals surface area contributed by atoms with Crippen LogP contribution in [-0.4, -0.2) is 61.2 Å². The molecule has 2 aliphatic rings. The van der Waals surface area contributed by atoms with E-state index in [2.05, 4.69) is 15.5 Å². The zero-order valence-electron chi connectivity index (χ0n) is 21.0. The Labute approximate surface area is 211 Å². The van der Waals surface area contributed by atoms with Crippen molar-refractivity contribution < 1.29 is 23.1 Å². The van der Waals surface area contributed by atoms with Crippen LogP contribution < -0.4 is 15.4 Å². The highest BCUT2D eigenvalue weighted by molar-refractivity contribution is 6.09. The number of benzene rings is 2. The van der Waals surface area contributed by atoms with Crippen LogP contribution in [0.1, 0.15) is 49.9 Å². The second kappa shape index (κ2) is 11.5. The predicted octanol–water partition coefficient (Wildman–Crippen LogP) is 4.34. The van der Waals surface area contributed by atoms with Gasteiger partial charge in [-0.25, -0.2) is 8.78 Å². The van der Waals surface area contributed by atoms with E-state index in [4.69, 9.17) is 4.74 Å². The number of nitrogens with zero attached hydrogens (tertiary/aromatic N) is 1. The van der Waals surface area contributed by atoms with Gasteiger partial charge >= 0.3 is 0 Å². The fraction of sp³-hybridized carbons (Fsp3) is 0.500. The first-order chi connectivity index (χ1) is 17.2. The smallest absolute Gasteiger partial charge is 0.261 e. The molecule has 1 atom stereocenters. The minimum absolute atomic E-state index is 0.152. The van der Waals surface area contributed by atoms with Crippen LogP contribution in [0, 0.1) is 11.7 Å². The summed E-state index contributed by atoms with van der Waals surface area (Å²) in [5, 5.41) is 5.38. The maximum Gasteiger partial charge on any atom is 0.261 e. The number of rotatable bonds is 8. The third-order valence-corrected chi connectivity index (χ3v) is 6.81. The van der Waals surface area contributed by atoms with Crippen molar-refractivity contribution in [3.05, 3.63) is 53.8 Å². The second-order valence-corrected chi connectivity index (χ2v) is 10.4. The molecule has 2 aromatic carbocycles. The lowest BCUT2D eigenvalue weighted by Gasteiger charge is -2.34. The maximum atomic E-state index is 14.7. The molecule has 2 amide bonds. The fourth-order valence-electron chi connectivity index (χ4n) is 4.95. The van der Waals surface area contributed by atoms with Crippen molar-refractivity contribution in [2.75, 3.05) is 32.8 Å². The molecule has 0 saturated carbocycles. The van der Waals surface area contributed by atoms with Gasteiger partial charge in [-0.15, -0.1) is 0 Å². The topological polar surface area (TPSA) is 70.7 Å². The lowest BCUT2D eigenvalue weighted by Crippen LogP contribution is -2.43. The zero-order chi connectivity index (χ0) is 25.7. The number of carbonyl (C=O) groups is 2. The molecule has 2 fully saturated rings. The van der Waals surface area contributed by atoms with Gasteiger partial charge in [0.05, 0.1) is 18.2 Å². The van der Waals surface area contributed by atoms with E-state index >= 15 is 0 Å². The molecule has 36 heavy (non-hydrogen) atoms. The summed E-state index contributed by atoms with van der Waals surface area (Å²) in [5.74, 6) is -0.760. The Hall–Kier alpha value is -2.84. The summed E-state index contributed by atoms with van der Waals surface area (Å²) in [5.41, 5.74) is -0.272. The Morgan fingerprint density at radius 2 is 1.83 bits per heavy atom. The lowest BCUT2D eigenvalue weighted by atomic mass is 9.96. The zero-order valence-corrected chi connectivity index (χ0v) is 21.0. The van der Waals surface area contributed by atoms with E-state index in [1.165, 1.54) is 6.07 Å². The molecular weight excluding hydrogens is 464 g/mol. The number of likely N-dealkylation sites (tertiary alicyclic amines) is 1. The average molecular weight is 500 g/mol. The molecule has 2 heterocycles. The molecule has 194 valence electrons. The number of carbonyl (C=O) groups excluding carboxylic acids is 2. The maximum absolute atomic E-state index is 14.7. The first kappa shape index (κ1) is 26.2. The van der Waals surface area contributed by atoms with Crippen molar-refractivity contribution in [3.8, 4) is 16.9 Å². The van der Waals surface area contributed by atoms with Crippen molar-refractivity contribution in [3.63, 3.8) is 0 Å². The van der Waals surface area contributed by atoms with Crippen LogP contribution in [0.2, 0.25) is 0 Å². The van der Waals surface area contributed by atoms with Gasteiger partial charge in [0.2, 0.25) is 5.91 Å². The number of hydrogen-bond donors (Lipinski definition) is 2. The molecule has 2 saturated heterocycles. The molecule has 0 spiro atoms. The number of nitrogens with one attached hydrogen (secondary N) is 2. The molecule has 6 nitrogen and oxygen atoms in total. The summed E-state index contributed by atoms with van der Waals surface area (Å²) in [7, 11) is 0. The minimum atomic E-state index is -1.18. The highest BCUT2D eigenvalue weighted by Gasteiger charge is 2.27. The average Bonchev–Trinajstić information content (AvgIpc) is 3.38. The highest BCUT2D eigenvalue weighted by atomic mass is 19.1. The second-order valence-electron chi connectivity index (χ2n) is 10.4. The van der Waals surface area contributed by atoms with Gasteiger partial charge in [0.25, 0.3) is 5.91 Å². The summed E-state index contributed by atoms with van der Waals surface area (Å²) in [6.45, 7) is 6.71. The van der Waals surface area contributed by atoms with Crippen LogP contribution in [-0.2, 0) is 4.79 Å². The Morgan fingerprint density at radius 1 is 1.11 bits per heavy atom. The van der Waals surface area contributed by atoms with Gasteiger partial charge in [-0.05, 0) is 94.4 Å². The van der Waals surface area contributed by atoms with Crippen LogP contribution in [0.15, 0.2) is 42.5 Å². The third-order valence-electron chi connectivity index (χ3n) is 6.81. The van der Waals surface area contributed by atoms with Crippen LogP contribution in [0.25, 0.3) is 11.1 Å². The van der Waals surface area contributed by atoms with Crippen LogP contribution in [0.3, 0.4) is 0 Å². The van der Waals surface area contributed by atoms with E-state index < -0.39 is 29.3 Å². The molecular formula is C28H35F2N3O3. The predicted molar refractivity (Wildman–Crippen MR) is 135 cm³/mol. The van der Waals surface area contributed by atoms with Gasteiger partial charge in [0, 0.05) is 6.54 Å². The number of halogens is 2.